The Morgan fingerprint density at radius 1 is 1.30 bits per heavy atom. The molecule has 2 nitrogen and oxygen atoms in total. The molecule has 3 unspecified atom stereocenters. The quantitative estimate of drug-likeness (QED) is 0.904. The number of benzene rings is 1. The Labute approximate surface area is 124 Å². The van der Waals surface area contributed by atoms with Crippen molar-refractivity contribution in [2.75, 3.05) is 13.1 Å². The minimum absolute atomic E-state index is 0.599. The van der Waals surface area contributed by atoms with Gasteiger partial charge in [-0.15, -0.1) is 0 Å². The highest BCUT2D eigenvalue weighted by atomic mass is 15.2. The van der Waals surface area contributed by atoms with Crippen molar-refractivity contribution in [3.05, 3.63) is 34.9 Å². The van der Waals surface area contributed by atoms with Gasteiger partial charge in [0.25, 0.3) is 0 Å². The molecule has 0 bridgehead atoms. The lowest BCUT2D eigenvalue weighted by molar-refractivity contribution is 0.0885. The van der Waals surface area contributed by atoms with Crippen molar-refractivity contribution in [3.63, 3.8) is 0 Å². The van der Waals surface area contributed by atoms with Gasteiger partial charge >= 0.3 is 0 Å². The molecular formula is C18H30N2. The van der Waals surface area contributed by atoms with Crippen LogP contribution in [0.4, 0.5) is 0 Å². The molecule has 0 saturated carbocycles. The summed E-state index contributed by atoms with van der Waals surface area (Å²) in [7, 11) is 0. The van der Waals surface area contributed by atoms with Crippen LogP contribution in [-0.4, -0.2) is 30.1 Å². The molecule has 0 spiro atoms. The van der Waals surface area contributed by atoms with Gasteiger partial charge in [-0.3, -0.25) is 4.90 Å². The van der Waals surface area contributed by atoms with E-state index in [1.54, 1.807) is 0 Å². The Balaban J connectivity index is 2.12. The molecule has 3 atom stereocenters. The van der Waals surface area contributed by atoms with E-state index in [0.29, 0.717) is 12.1 Å². The lowest BCUT2D eigenvalue weighted by Gasteiger charge is -2.42. The summed E-state index contributed by atoms with van der Waals surface area (Å²) in [5.41, 5.74) is 4.25. The van der Waals surface area contributed by atoms with Crippen LogP contribution in [0.15, 0.2) is 18.2 Å². The smallest absolute Gasteiger partial charge is 0.0250 e. The first-order valence-electron chi connectivity index (χ1n) is 8.04. The average molecular weight is 274 g/mol. The van der Waals surface area contributed by atoms with E-state index >= 15 is 0 Å². The molecule has 1 aliphatic rings. The molecule has 0 amide bonds. The van der Waals surface area contributed by atoms with Crippen molar-refractivity contribution in [3.8, 4) is 0 Å². The van der Waals surface area contributed by atoms with E-state index in [-0.39, 0.29) is 0 Å². The van der Waals surface area contributed by atoms with Crippen molar-refractivity contribution in [1.82, 2.24) is 10.2 Å². The van der Waals surface area contributed by atoms with Crippen LogP contribution in [0, 0.1) is 19.8 Å². The number of hydrogen-bond acceptors (Lipinski definition) is 2. The zero-order valence-corrected chi connectivity index (χ0v) is 13.7. The molecule has 1 aliphatic heterocycles. The zero-order chi connectivity index (χ0) is 14.7. The van der Waals surface area contributed by atoms with Gasteiger partial charge in [0.15, 0.2) is 0 Å². The number of nitrogens with one attached hydrogen (secondary N) is 1. The summed E-state index contributed by atoms with van der Waals surface area (Å²) in [5.74, 6) is 0.751. The van der Waals surface area contributed by atoms with Crippen molar-refractivity contribution in [2.45, 2.75) is 59.7 Å². The fraction of sp³-hybridized carbons (Fsp3) is 0.667. The summed E-state index contributed by atoms with van der Waals surface area (Å²) in [6.07, 6.45) is 1.25. The van der Waals surface area contributed by atoms with E-state index in [1.807, 2.05) is 0 Å². The first kappa shape index (κ1) is 15.5. The predicted molar refractivity (Wildman–Crippen MR) is 87.0 cm³/mol. The van der Waals surface area contributed by atoms with Gasteiger partial charge in [0, 0.05) is 31.7 Å². The summed E-state index contributed by atoms with van der Waals surface area (Å²) < 4.78 is 0. The maximum absolute atomic E-state index is 3.64. The van der Waals surface area contributed by atoms with Gasteiger partial charge in [-0.25, -0.2) is 0 Å². The van der Waals surface area contributed by atoms with Crippen LogP contribution in [0.3, 0.4) is 0 Å². The lowest BCUT2D eigenvalue weighted by atomic mass is 9.94. The molecule has 2 heteroatoms. The van der Waals surface area contributed by atoms with Gasteiger partial charge in [0.1, 0.15) is 0 Å². The number of hydrogen-bond donors (Lipinski definition) is 1. The van der Waals surface area contributed by atoms with E-state index < -0.39 is 0 Å². The van der Waals surface area contributed by atoms with Crippen LogP contribution in [-0.2, 0) is 6.54 Å². The van der Waals surface area contributed by atoms with Crippen molar-refractivity contribution in [1.29, 1.82) is 0 Å². The Morgan fingerprint density at radius 3 is 2.70 bits per heavy atom. The molecule has 1 saturated heterocycles. The molecule has 1 fully saturated rings. The van der Waals surface area contributed by atoms with Gasteiger partial charge in [-0.1, -0.05) is 38.5 Å². The Bertz CT molecular complexity index is 441. The minimum atomic E-state index is 0.599. The largest absolute Gasteiger partial charge is 0.311 e. The first-order valence-corrected chi connectivity index (χ1v) is 8.04. The van der Waals surface area contributed by atoms with Crippen molar-refractivity contribution < 1.29 is 0 Å². The van der Waals surface area contributed by atoms with Crippen molar-refractivity contribution in [2.24, 2.45) is 5.92 Å². The summed E-state index contributed by atoms with van der Waals surface area (Å²) in [5, 5.41) is 3.64. The van der Waals surface area contributed by atoms with E-state index in [1.165, 1.54) is 23.1 Å². The third-order valence-electron chi connectivity index (χ3n) is 4.91. The highest BCUT2D eigenvalue weighted by Gasteiger charge is 2.29. The van der Waals surface area contributed by atoms with E-state index in [4.69, 9.17) is 0 Å². The van der Waals surface area contributed by atoms with Crippen LogP contribution in [0.1, 0.15) is 43.9 Å². The van der Waals surface area contributed by atoms with Crippen LogP contribution in [0.5, 0.6) is 0 Å². The Morgan fingerprint density at radius 2 is 2.05 bits per heavy atom. The maximum atomic E-state index is 3.64. The average Bonchev–Trinajstić information content (AvgIpc) is 2.42. The third-order valence-corrected chi connectivity index (χ3v) is 4.91. The normalized spacial score (nSPS) is 25.6. The van der Waals surface area contributed by atoms with Crippen LogP contribution in [0.25, 0.3) is 0 Å². The van der Waals surface area contributed by atoms with Gasteiger partial charge in [-0.05, 0) is 43.4 Å². The molecule has 0 aromatic heterocycles. The summed E-state index contributed by atoms with van der Waals surface area (Å²) >= 11 is 0. The molecule has 112 valence electrons. The summed E-state index contributed by atoms with van der Waals surface area (Å²) in [4.78, 5) is 2.68. The van der Waals surface area contributed by atoms with Crippen LogP contribution < -0.4 is 5.32 Å². The van der Waals surface area contributed by atoms with Gasteiger partial charge in [0.2, 0.25) is 0 Å². The molecule has 1 heterocycles. The Hall–Kier alpha value is -0.860. The number of piperazine rings is 1. The monoisotopic (exact) mass is 274 g/mol. The Kier molecular flexibility index (Phi) is 5.22. The topological polar surface area (TPSA) is 15.3 Å². The van der Waals surface area contributed by atoms with E-state index in [2.05, 4.69) is 63.0 Å². The molecular weight excluding hydrogens is 244 g/mol. The predicted octanol–water partition coefficient (Wildman–Crippen LogP) is 3.51. The van der Waals surface area contributed by atoms with E-state index in [0.717, 1.165) is 25.6 Å². The molecule has 1 aromatic rings. The van der Waals surface area contributed by atoms with Gasteiger partial charge < -0.3 is 5.32 Å². The lowest BCUT2D eigenvalue weighted by Crippen LogP contribution is -2.57. The molecule has 0 aliphatic carbocycles. The standard InChI is InChI=1S/C18H30N2/c1-6-13(2)18-10-19-16(5)11-20(18)12-17-8-7-14(3)15(4)9-17/h7-9,13,16,18-19H,6,10-12H2,1-5H3. The van der Waals surface area contributed by atoms with Crippen molar-refractivity contribution >= 4 is 0 Å². The third kappa shape index (κ3) is 3.62. The summed E-state index contributed by atoms with van der Waals surface area (Å²) in [6.45, 7) is 14.7. The molecule has 1 aromatic carbocycles. The maximum Gasteiger partial charge on any atom is 0.0250 e. The molecule has 20 heavy (non-hydrogen) atoms. The fourth-order valence-electron chi connectivity index (χ4n) is 3.15. The zero-order valence-electron chi connectivity index (χ0n) is 13.7. The SMILES string of the molecule is CCC(C)C1CNC(C)CN1Cc1ccc(C)c(C)c1. The molecule has 1 N–H and O–H groups in total. The van der Waals surface area contributed by atoms with E-state index in [9.17, 15) is 0 Å². The second kappa shape index (κ2) is 6.73. The number of rotatable bonds is 4. The van der Waals surface area contributed by atoms with Gasteiger partial charge in [-0.2, -0.15) is 0 Å². The minimum Gasteiger partial charge on any atom is -0.311 e. The van der Waals surface area contributed by atoms with Gasteiger partial charge in [0.05, 0.1) is 0 Å². The fourth-order valence-corrected chi connectivity index (χ4v) is 3.15. The van der Waals surface area contributed by atoms with Crippen LogP contribution >= 0.6 is 0 Å². The second-order valence-electron chi connectivity index (χ2n) is 6.61. The number of aryl methyl sites for hydroxylation is 2. The molecule has 2 rings (SSSR count). The van der Waals surface area contributed by atoms with Crippen LogP contribution in [0.2, 0.25) is 0 Å². The summed E-state index contributed by atoms with van der Waals surface area (Å²) in [6, 6.07) is 8.17. The highest BCUT2D eigenvalue weighted by molar-refractivity contribution is 5.30. The molecule has 0 radical (unpaired) electrons. The number of nitrogens with zero attached hydrogens (tertiary/aromatic N) is 1. The second-order valence-corrected chi connectivity index (χ2v) is 6.61. The first-order chi connectivity index (χ1) is 9.51. The highest BCUT2D eigenvalue weighted by Crippen LogP contribution is 2.21.